The fraction of sp³-hybridized carbons (Fsp3) is 0.389. The molecule has 3 rings (SSSR count). The van der Waals surface area contributed by atoms with Gasteiger partial charge in [-0.1, -0.05) is 0 Å². The monoisotopic (exact) mass is 473 g/mol. The average molecular weight is 474 g/mol. The minimum Gasteiger partial charge on any atom is -0.454 e. The zero-order chi connectivity index (χ0) is 22.8. The van der Waals surface area contributed by atoms with Gasteiger partial charge in [-0.15, -0.1) is 0 Å². The maximum absolute atomic E-state index is 12.8. The number of carbonyl (C=O) groups is 1. The number of anilines is 1. The van der Waals surface area contributed by atoms with Crippen molar-refractivity contribution < 1.29 is 35.5 Å². The first-order valence-electron chi connectivity index (χ1n) is 9.18. The van der Waals surface area contributed by atoms with E-state index in [1.54, 1.807) is 0 Å². The molecule has 0 spiro atoms. The molecule has 1 fully saturated rings. The Morgan fingerprint density at radius 1 is 1.13 bits per heavy atom. The third-order valence-corrected chi connectivity index (χ3v) is 7.19. The summed E-state index contributed by atoms with van der Waals surface area (Å²) in [7, 11) is -5.07. The molecule has 31 heavy (non-hydrogen) atoms. The molecule has 1 aliphatic rings. The number of ether oxygens (including phenoxy) is 2. The van der Waals surface area contributed by atoms with Crippen LogP contribution in [0, 0.1) is 0 Å². The van der Waals surface area contributed by atoms with E-state index >= 15 is 0 Å². The van der Waals surface area contributed by atoms with E-state index in [0.29, 0.717) is 32.0 Å². The van der Waals surface area contributed by atoms with Crippen LogP contribution in [-0.2, 0) is 36.1 Å². The summed E-state index contributed by atoms with van der Waals surface area (Å²) in [5, 5.41) is 4.91. The number of morpholine rings is 1. The number of nitrogens with two attached hydrogens (primary N) is 1. The lowest BCUT2D eigenvalue weighted by molar-refractivity contribution is 0.0440. The van der Waals surface area contributed by atoms with Gasteiger partial charge >= 0.3 is 5.97 Å². The van der Waals surface area contributed by atoms with E-state index in [9.17, 15) is 21.6 Å². The number of nitrogens with zero attached hydrogens (tertiary/aromatic N) is 2. The van der Waals surface area contributed by atoms with Crippen molar-refractivity contribution in [3.63, 3.8) is 0 Å². The van der Waals surface area contributed by atoms with E-state index < -0.39 is 26.0 Å². The Morgan fingerprint density at radius 3 is 2.42 bits per heavy atom. The van der Waals surface area contributed by atoms with Crippen LogP contribution in [0.3, 0.4) is 0 Å². The van der Waals surface area contributed by atoms with E-state index in [4.69, 9.17) is 19.0 Å². The predicted molar refractivity (Wildman–Crippen MR) is 110 cm³/mol. The van der Waals surface area contributed by atoms with E-state index in [1.807, 2.05) is 4.90 Å². The van der Waals surface area contributed by atoms with Gasteiger partial charge in [0.25, 0.3) is 10.0 Å². The van der Waals surface area contributed by atoms with Crippen LogP contribution in [-0.4, -0.2) is 67.5 Å². The number of furan rings is 1. The van der Waals surface area contributed by atoms with Gasteiger partial charge < -0.3 is 18.8 Å². The molecule has 2 N–H and O–H groups in total. The third kappa shape index (κ3) is 5.25. The SMILES string of the molecule is CN(C)S(=O)(=O)c1ccc(COC(=O)c2cc(S(N)(=O)=O)ccc2N2CCOCC2)o1. The fourth-order valence-electron chi connectivity index (χ4n) is 2.90. The lowest BCUT2D eigenvalue weighted by Crippen LogP contribution is -2.37. The van der Waals surface area contributed by atoms with Gasteiger partial charge in [0, 0.05) is 27.2 Å². The number of hydrogen-bond acceptors (Lipinski definition) is 9. The van der Waals surface area contributed by atoms with Crippen molar-refractivity contribution in [2.24, 2.45) is 5.14 Å². The van der Waals surface area contributed by atoms with Crippen LogP contribution in [0.2, 0.25) is 0 Å². The topological polar surface area (TPSA) is 149 Å². The van der Waals surface area contributed by atoms with Crippen LogP contribution in [0.25, 0.3) is 0 Å². The van der Waals surface area contributed by atoms with Gasteiger partial charge in [0.15, 0.2) is 0 Å². The molecule has 0 amide bonds. The second kappa shape index (κ2) is 8.96. The highest BCUT2D eigenvalue weighted by atomic mass is 32.2. The van der Waals surface area contributed by atoms with Crippen molar-refractivity contribution in [3.8, 4) is 0 Å². The largest absolute Gasteiger partial charge is 0.454 e. The van der Waals surface area contributed by atoms with Crippen molar-refractivity contribution in [3.05, 3.63) is 41.7 Å². The summed E-state index contributed by atoms with van der Waals surface area (Å²) >= 11 is 0. The molecule has 11 nitrogen and oxygen atoms in total. The minimum absolute atomic E-state index is 0.0149. The summed E-state index contributed by atoms with van der Waals surface area (Å²) in [4.78, 5) is 14.4. The first kappa shape index (κ1) is 23.2. The summed E-state index contributed by atoms with van der Waals surface area (Å²) in [6.45, 7) is 1.60. The van der Waals surface area contributed by atoms with E-state index in [-0.39, 0.29) is 27.9 Å². The van der Waals surface area contributed by atoms with E-state index in [1.165, 1.54) is 38.4 Å². The van der Waals surface area contributed by atoms with Crippen LogP contribution >= 0.6 is 0 Å². The first-order valence-corrected chi connectivity index (χ1v) is 12.2. The average Bonchev–Trinajstić information content (AvgIpc) is 3.21. The number of carbonyl (C=O) groups excluding carboxylic acids is 1. The Bertz CT molecular complexity index is 1170. The summed E-state index contributed by atoms with van der Waals surface area (Å²) in [5.74, 6) is -0.690. The number of benzene rings is 1. The number of rotatable bonds is 7. The molecule has 0 saturated carbocycles. The smallest absolute Gasteiger partial charge is 0.340 e. The molecule has 0 radical (unpaired) electrons. The van der Waals surface area contributed by atoms with Gasteiger partial charge in [-0.2, -0.15) is 0 Å². The molecule has 2 aromatic rings. The zero-order valence-electron chi connectivity index (χ0n) is 17.0. The van der Waals surface area contributed by atoms with Gasteiger partial charge in [0.1, 0.15) is 12.4 Å². The summed E-state index contributed by atoms with van der Waals surface area (Å²) in [6, 6.07) is 6.62. The first-order chi connectivity index (χ1) is 14.5. The maximum atomic E-state index is 12.8. The molecule has 0 aliphatic carbocycles. The van der Waals surface area contributed by atoms with Crippen molar-refractivity contribution in [2.75, 3.05) is 45.3 Å². The van der Waals surface area contributed by atoms with Crippen LogP contribution in [0.5, 0.6) is 0 Å². The Labute approximate surface area is 180 Å². The Hall–Kier alpha value is -2.45. The Kier molecular flexibility index (Phi) is 6.71. The van der Waals surface area contributed by atoms with E-state index in [0.717, 1.165) is 10.4 Å². The highest BCUT2D eigenvalue weighted by Gasteiger charge is 2.24. The number of esters is 1. The molecule has 13 heteroatoms. The molecule has 1 saturated heterocycles. The molecule has 1 aromatic heterocycles. The summed E-state index contributed by atoms with van der Waals surface area (Å²) in [5.41, 5.74) is 0.497. The number of sulfonamides is 2. The molecule has 0 unspecified atom stereocenters. The second-order valence-corrected chi connectivity index (χ2v) is 10.6. The van der Waals surface area contributed by atoms with Crippen LogP contribution < -0.4 is 10.0 Å². The molecule has 0 atom stereocenters. The fourth-order valence-corrected chi connectivity index (χ4v) is 4.26. The standard InChI is InChI=1S/C18H23N3O8S2/c1-20(2)31(25,26)17-6-3-13(29-17)12-28-18(22)15-11-14(30(19,23)24)4-5-16(15)21-7-9-27-10-8-21/h3-6,11H,7-10,12H2,1-2H3,(H2,19,23,24). The molecule has 2 heterocycles. The van der Waals surface area contributed by atoms with Gasteiger partial charge in [0.05, 0.1) is 29.4 Å². The number of hydrogen-bond donors (Lipinski definition) is 1. The lowest BCUT2D eigenvalue weighted by atomic mass is 10.1. The normalized spacial score (nSPS) is 15.3. The summed E-state index contributed by atoms with van der Waals surface area (Å²) < 4.78 is 64.5. The van der Waals surface area contributed by atoms with Gasteiger partial charge in [-0.3, -0.25) is 0 Å². The van der Waals surface area contributed by atoms with Gasteiger partial charge in [0.2, 0.25) is 15.1 Å². The van der Waals surface area contributed by atoms with Crippen LogP contribution in [0.4, 0.5) is 5.69 Å². The molecule has 170 valence electrons. The zero-order valence-corrected chi connectivity index (χ0v) is 18.6. The van der Waals surface area contributed by atoms with Gasteiger partial charge in [-0.25, -0.2) is 31.1 Å². The Balaban J connectivity index is 1.84. The maximum Gasteiger partial charge on any atom is 0.340 e. The molecular weight excluding hydrogens is 450 g/mol. The van der Waals surface area contributed by atoms with Crippen LogP contribution in [0.1, 0.15) is 16.1 Å². The molecule has 1 aromatic carbocycles. The van der Waals surface area contributed by atoms with Crippen molar-refractivity contribution >= 4 is 31.7 Å². The highest BCUT2D eigenvalue weighted by Crippen LogP contribution is 2.26. The molecule has 0 bridgehead atoms. The quantitative estimate of drug-likeness (QED) is 0.563. The van der Waals surface area contributed by atoms with E-state index in [2.05, 4.69) is 0 Å². The van der Waals surface area contributed by atoms with Crippen LogP contribution in [0.15, 0.2) is 44.7 Å². The van der Waals surface area contributed by atoms with Crippen molar-refractivity contribution in [2.45, 2.75) is 16.6 Å². The van der Waals surface area contributed by atoms with Gasteiger partial charge in [-0.05, 0) is 30.3 Å². The predicted octanol–water partition coefficient (Wildman–Crippen LogP) is 0.371. The van der Waals surface area contributed by atoms with Crippen molar-refractivity contribution in [1.82, 2.24) is 4.31 Å². The number of primary sulfonamides is 1. The molecular formula is C18H23N3O8S2. The second-order valence-electron chi connectivity index (χ2n) is 6.91. The Morgan fingerprint density at radius 2 is 1.81 bits per heavy atom. The summed E-state index contributed by atoms with van der Waals surface area (Å²) in [6.07, 6.45) is 0. The molecule has 1 aliphatic heterocycles. The lowest BCUT2D eigenvalue weighted by Gasteiger charge is -2.30. The minimum atomic E-state index is -4.04. The third-order valence-electron chi connectivity index (χ3n) is 4.59. The van der Waals surface area contributed by atoms with Crippen molar-refractivity contribution in [1.29, 1.82) is 0 Å². The highest BCUT2D eigenvalue weighted by molar-refractivity contribution is 7.89.